The highest BCUT2D eigenvalue weighted by Crippen LogP contribution is 2.36. The number of piperazine rings is 1. The number of anilines is 2. The number of methoxy groups -OCH3 is 1. The van der Waals surface area contributed by atoms with E-state index in [1.807, 2.05) is 49.4 Å². The van der Waals surface area contributed by atoms with Crippen LogP contribution in [0.5, 0.6) is 5.75 Å². The maximum Gasteiger partial charge on any atom is 0.282 e. The summed E-state index contributed by atoms with van der Waals surface area (Å²) in [6, 6.07) is 25.1. The van der Waals surface area contributed by atoms with Crippen LogP contribution in [-0.2, 0) is 9.59 Å². The van der Waals surface area contributed by atoms with E-state index in [9.17, 15) is 9.59 Å². The Hall–Kier alpha value is -4.06. The van der Waals surface area contributed by atoms with Crippen molar-refractivity contribution in [2.24, 2.45) is 0 Å². The molecule has 2 heterocycles. The van der Waals surface area contributed by atoms with Gasteiger partial charge >= 0.3 is 0 Å². The normalized spacial score (nSPS) is 16.5. The maximum absolute atomic E-state index is 13.7. The standard InChI is InChI=1S/C28H27N3O3/c1-20-8-10-21(11-9-20)25-26(30-18-16-29(17-19-30)22-6-4-3-5-7-22)28(33)31(27(25)32)23-12-14-24(34-2)15-13-23/h3-15H,16-19H2,1-2H3. The zero-order valence-electron chi connectivity index (χ0n) is 19.4. The number of carbonyl (C=O) groups is 2. The van der Waals surface area contributed by atoms with E-state index in [1.54, 1.807) is 31.4 Å². The van der Waals surface area contributed by atoms with Gasteiger partial charge in [-0.2, -0.15) is 0 Å². The van der Waals surface area contributed by atoms with Gasteiger partial charge in [0.15, 0.2) is 0 Å². The largest absolute Gasteiger partial charge is 0.497 e. The number of imide groups is 1. The van der Waals surface area contributed by atoms with Crippen molar-refractivity contribution < 1.29 is 14.3 Å². The number of para-hydroxylation sites is 1. The number of hydrogen-bond acceptors (Lipinski definition) is 5. The number of rotatable bonds is 5. The van der Waals surface area contributed by atoms with Gasteiger partial charge in [-0.1, -0.05) is 48.0 Å². The lowest BCUT2D eigenvalue weighted by Crippen LogP contribution is -2.47. The Morgan fingerprint density at radius 2 is 1.29 bits per heavy atom. The molecule has 0 radical (unpaired) electrons. The summed E-state index contributed by atoms with van der Waals surface area (Å²) in [5, 5.41) is 0. The lowest BCUT2D eigenvalue weighted by molar-refractivity contribution is -0.120. The molecule has 172 valence electrons. The molecule has 0 N–H and O–H groups in total. The molecule has 1 saturated heterocycles. The monoisotopic (exact) mass is 453 g/mol. The molecule has 0 spiro atoms. The van der Waals surface area contributed by atoms with Gasteiger partial charge in [-0.15, -0.1) is 0 Å². The highest BCUT2D eigenvalue weighted by molar-refractivity contribution is 6.45. The second-order valence-corrected chi connectivity index (χ2v) is 8.54. The van der Waals surface area contributed by atoms with Gasteiger partial charge in [0.1, 0.15) is 11.4 Å². The molecule has 2 aliphatic heterocycles. The van der Waals surface area contributed by atoms with Gasteiger partial charge < -0.3 is 14.5 Å². The second kappa shape index (κ2) is 9.06. The van der Waals surface area contributed by atoms with Crippen LogP contribution in [0.15, 0.2) is 84.6 Å². The summed E-state index contributed by atoms with van der Waals surface area (Å²) < 4.78 is 5.24. The van der Waals surface area contributed by atoms with Gasteiger partial charge in [-0.3, -0.25) is 9.59 Å². The Labute approximate surface area is 199 Å². The van der Waals surface area contributed by atoms with Crippen LogP contribution in [0.25, 0.3) is 5.57 Å². The van der Waals surface area contributed by atoms with Crippen molar-refractivity contribution in [3.8, 4) is 5.75 Å². The van der Waals surface area contributed by atoms with Crippen molar-refractivity contribution >= 4 is 28.8 Å². The minimum Gasteiger partial charge on any atom is -0.497 e. The molecule has 3 aromatic rings. The first kappa shape index (κ1) is 21.8. The quantitative estimate of drug-likeness (QED) is 0.544. The average Bonchev–Trinajstić information content (AvgIpc) is 3.15. The average molecular weight is 454 g/mol. The van der Waals surface area contributed by atoms with Crippen LogP contribution in [-0.4, -0.2) is 50.0 Å². The summed E-state index contributed by atoms with van der Waals surface area (Å²) >= 11 is 0. The number of hydrogen-bond donors (Lipinski definition) is 0. The highest BCUT2D eigenvalue weighted by atomic mass is 16.5. The summed E-state index contributed by atoms with van der Waals surface area (Å²) in [4.78, 5) is 33.1. The Kier molecular flexibility index (Phi) is 5.80. The summed E-state index contributed by atoms with van der Waals surface area (Å²) in [7, 11) is 1.59. The molecule has 2 aliphatic rings. The van der Waals surface area contributed by atoms with Gasteiger partial charge in [0.25, 0.3) is 11.8 Å². The number of ether oxygens (including phenoxy) is 1. The van der Waals surface area contributed by atoms with Crippen molar-refractivity contribution in [2.75, 3.05) is 43.1 Å². The third kappa shape index (κ3) is 3.92. The van der Waals surface area contributed by atoms with E-state index < -0.39 is 0 Å². The van der Waals surface area contributed by atoms with Crippen LogP contribution >= 0.6 is 0 Å². The molecule has 6 nitrogen and oxygen atoms in total. The molecule has 34 heavy (non-hydrogen) atoms. The SMILES string of the molecule is COc1ccc(N2C(=O)C(c3ccc(C)cc3)=C(N3CCN(c4ccccc4)CC3)C2=O)cc1. The molecule has 0 aliphatic carbocycles. The third-order valence-electron chi connectivity index (χ3n) is 6.45. The molecule has 2 amide bonds. The van der Waals surface area contributed by atoms with Crippen molar-refractivity contribution in [2.45, 2.75) is 6.92 Å². The highest BCUT2D eigenvalue weighted by Gasteiger charge is 2.43. The molecule has 0 atom stereocenters. The van der Waals surface area contributed by atoms with E-state index in [4.69, 9.17) is 4.74 Å². The molecule has 1 fully saturated rings. The number of carbonyl (C=O) groups excluding carboxylic acids is 2. The fourth-order valence-electron chi connectivity index (χ4n) is 4.58. The minimum atomic E-state index is -0.292. The fraction of sp³-hybridized carbons (Fsp3) is 0.214. The van der Waals surface area contributed by atoms with Gasteiger partial charge in [0.2, 0.25) is 0 Å². The van der Waals surface area contributed by atoms with Crippen molar-refractivity contribution in [1.82, 2.24) is 4.90 Å². The lowest BCUT2D eigenvalue weighted by Gasteiger charge is -2.37. The topological polar surface area (TPSA) is 53.1 Å². The molecular weight excluding hydrogens is 426 g/mol. The zero-order valence-corrected chi connectivity index (χ0v) is 19.4. The summed E-state index contributed by atoms with van der Waals surface area (Å²) in [5.41, 5.74) is 4.53. The van der Waals surface area contributed by atoms with E-state index in [2.05, 4.69) is 21.9 Å². The first-order chi connectivity index (χ1) is 16.6. The lowest BCUT2D eigenvalue weighted by atomic mass is 10.0. The van der Waals surface area contributed by atoms with Gasteiger partial charge in [0.05, 0.1) is 18.4 Å². The number of amides is 2. The van der Waals surface area contributed by atoms with Crippen LogP contribution in [0.4, 0.5) is 11.4 Å². The molecule has 0 saturated carbocycles. The van der Waals surface area contributed by atoms with Crippen LogP contribution in [0.3, 0.4) is 0 Å². The van der Waals surface area contributed by atoms with E-state index in [0.29, 0.717) is 35.8 Å². The molecule has 5 rings (SSSR count). The Bertz CT molecular complexity index is 1230. The smallest absolute Gasteiger partial charge is 0.282 e. The molecule has 0 unspecified atom stereocenters. The van der Waals surface area contributed by atoms with Gasteiger partial charge in [-0.05, 0) is 48.9 Å². The molecule has 0 aromatic heterocycles. The second-order valence-electron chi connectivity index (χ2n) is 8.54. The van der Waals surface area contributed by atoms with E-state index in [-0.39, 0.29) is 11.8 Å². The van der Waals surface area contributed by atoms with Crippen LogP contribution in [0.1, 0.15) is 11.1 Å². The number of nitrogens with zero attached hydrogens (tertiary/aromatic N) is 3. The molecule has 0 bridgehead atoms. The Morgan fingerprint density at radius 1 is 0.676 bits per heavy atom. The van der Waals surface area contributed by atoms with Crippen LogP contribution in [0.2, 0.25) is 0 Å². The maximum atomic E-state index is 13.7. The van der Waals surface area contributed by atoms with Crippen LogP contribution in [0, 0.1) is 6.92 Å². The van der Waals surface area contributed by atoms with E-state index in [1.165, 1.54) is 10.6 Å². The number of benzene rings is 3. The summed E-state index contributed by atoms with van der Waals surface area (Å²) in [6.07, 6.45) is 0. The molecular formula is C28H27N3O3. The van der Waals surface area contributed by atoms with Gasteiger partial charge in [-0.25, -0.2) is 4.90 Å². The van der Waals surface area contributed by atoms with Gasteiger partial charge in [0, 0.05) is 31.9 Å². The Morgan fingerprint density at radius 3 is 1.91 bits per heavy atom. The predicted octanol–water partition coefficient (Wildman–Crippen LogP) is 4.11. The van der Waals surface area contributed by atoms with Crippen molar-refractivity contribution in [3.63, 3.8) is 0 Å². The van der Waals surface area contributed by atoms with E-state index >= 15 is 0 Å². The number of aryl methyl sites for hydroxylation is 1. The third-order valence-corrected chi connectivity index (χ3v) is 6.45. The van der Waals surface area contributed by atoms with Crippen molar-refractivity contribution in [1.29, 1.82) is 0 Å². The summed E-state index contributed by atoms with van der Waals surface area (Å²) in [5.74, 6) is 0.102. The first-order valence-corrected chi connectivity index (χ1v) is 11.5. The fourth-order valence-corrected chi connectivity index (χ4v) is 4.58. The zero-order chi connectivity index (χ0) is 23.7. The van der Waals surface area contributed by atoms with Crippen molar-refractivity contribution in [3.05, 3.63) is 95.7 Å². The minimum absolute atomic E-state index is 0.279. The predicted molar refractivity (Wildman–Crippen MR) is 134 cm³/mol. The molecule has 6 heteroatoms. The van der Waals surface area contributed by atoms with Crippen LogP contribution < -0.4 is 14.5 Å². The summed E-state index contributed by atoms with van der Waals surface area (Å²) in [6.45, 7) is 4.88. The Balaban J connectivity index is 1.49. The van der Waals surface area contributed by atoms with E-state index in [0.717, 1.165) is 24.2 Å². The first-order valence-electron chi connectivity index (χ1n) is 11.5. The molecule has 3 aromatic carbocycles.